The van der Waals surface area contributed by atoms with Crippen molar-refractivity contribution >= 4 is 17.4 Å². The summed E-state index contributed by atoms with van der Waals surface area (Å²) >= 11 is 5.87. The fourth-order valence-electron chi connectivity index (χ4n) is 1.57. The first kappa shape index (κ1) is 13.1. The highest BCUT2D eigenvalue weighted by Crippen LogP contribution is 2.23. The second kappa shape index (κ2) is 5.41. The van der Waals surface area contributed by atoms with Crippen LogP contribution in [0.25, 0.3) is 0 Å². The summed E-state index contributed by atoms with van der Waals surface area (Å²) in [7, 11) is 0. The number of halogens is 2. The Morgan fingerprint density at radius 3 is 2.62 bits per heavy atom. The molecule has 0 amide bonds. The highest BCUT2D eigenvalue weighted by atomic mass is 35.5. The number of Topliss-reactive ketones (excluding diaryl/α,β-unsaturated/α-hetero) is 1. The Kier molecular flexibility index (Phi) is 4.44. The fraction of sp³-hybridized carbons (Fsp3) is 0.417. The zero-order valence-corrected chi connectivity index (χ0v) is 10.1. The van der Waals surface area contributed by atoms with Crippen LogP contribution in [0, 0.1) is 17.7 Å². The third-order valence-corrected chi connectivity index (χ3v) is 2.92. The van der Waals surface area contributed by atoms with Gasteiger partial charge >= 0.3 is 0 Å². The molecule has 88 valence electrons. The van der Waals surface area contributed by atoms with Crippen LogP contribution >= 0.6 is 11.6 Å². The first-order valence-electron chi connectivity index (χ1n) is 5.16. The van der Waals surface area contributed by atoms with Crippen LogP contribution in [-0.4, -0.2) is 12.3 Å². The lowest BCUT2D eigenvalue weighted by Gasteiger charge is -2.18. The van der Waals surface area contributed by atoms with Gasteiger partial charge in [0.15, 0.2) is 5.78 Å². The summed E-state index contributed by atoms with van der Waals surface area (Å²) in [5.41, 5.74) is 5.76. The smallest absolute Gasteiger partial charge is 0.169 e. The van der Waals surface area contributed by atoms with Crippen LogP contribution in [0.2, 0.25) is 5.02 Å². The molecule has 0 saturated carbocycles. The second-order valence-corrected chi connectivity index (χ2v) is 4.48. The van der Waals surface area contributed by atoms with Gasteiger partial charge in [0, 0.05) is 18.0 Å². The van der Waals surface area contributed by atoms with E-state index in [1.807, 2.05) is 13.8 Å². The Labute approximate surface area is 99.6 Å². The molecule has 1 atom stereocenters. The lowest BCUT2D eigenvalue weighted by Crippen LogP contribution is -2.28. The maximum atomic E-state index is 13.0. The standard InChI is InChI=1S/C12H15ClFNO/c1-7(2)10(6-15)12(16)9-5-8(14)3-4-11(9)13/h3-5,7,10H,6,15H2,1-2H3. The quantitative estimate of drug-likeness (QED) is 0.827. The van der Waals surface area contributed by atoms with Gasteiger partial charge in [-0.25, -0.2) is 4.39 Å². The number of ketones is 1. The molecule has 16 heavy (non-hydrogen) atoms. The summed E-state index contributed by atoms with van der Waals surface area (Å²) in [4.78, 5) is 12.1. The van der Waals surface area contributed by atoms with Gasteiger partial charge in [-0.2, -0.15) is 0 Å². The number of rotatable bonds is 4. The number of nitrogens with two attached hydrogens (primary N) is 1. The largest absolute Gasteiger partial charge is 0.330 e. The average Bonchev–Trinajstić information content (AvgIpc) is 2.22. The molecule has 2 N–H and O–H groups in total. The Morgan fingerprint density at radius 2 is 2.12 bits per heavy atom. The second-order valence-electron chi connectivity index (χ2n) is 4.07. The van der Waals surface area contributed by atoms with Gasteiger partial charge in [-0.1, -0.05) is 25.4 Å². The fourth-order valence-corrected chi connectivity index (χ4v) is 1.78. The van der Waals surface area contributed by atoms with Gasteiger partial charge in [-0.05, 0) is 24.1 Å². The van der Waals surface area contributed by atoms with Gasteiger partial charge in [0.2, 0.25) is 0 Å². The van der Waals surface area contributed by atoms with Gasteiger partial charge in [0.05, 0.1) is 5.02 Å². The lowest BCUT2D eigenvalue weighted by molar-refractivity contribution is 0.0892. The van der Waals surface area contributed by atoms with Crippen molar-refractivity contribution in [3.05, 3.63) is 34.6 Å². The van der Waals surface area contributed by atoms with Crippen LogP contribution in [0.3, 0.4) is 0 Å². The zero-order chi connectivity index (χ0) is 12.3. The highest BCUT2D eigenvalue weighted by molar-refractivity contribution is 6.34. The van der Waals surface area contributed by atoms with Crippen molar-refractivity contribution in [1.82, 2.24) is 0 Å². The van der Waals surface area contributed by atoms with Gasteiger partial charge in [-0.15, -0.1) is 0 Å². The summed E-state index contributed by atoms with van der Waals surface area (Å²) in [5, 5.41) is 0.269. The van der Waals surface area contributed by atoms with Crippen molar-refractivity contribution < 1.29 is 9.18 Å². The molecule has 0 spiro atoms. The van der Waals surface area contributed by atoms with E-state index in [0.29, 0.717) is 0 Å². The normalized spacial score (nSPS) is 12.9. The van der Waals surface area contributed by atoms with Crippen LogP contribution in [0.5, 0.6) is 0 Å². The molecule has 0 aliphatic carbocycles. The molecule has 1 rings (SSSR count). The first-order valence-corrected chi connectivity index (χ1v) is 5.54. The molecular formula is C12H15ClFNO. The summed E-state index contributed by atoms with van der Waals surface area (Å²) in [5.74, 6) is -0.870. The van der Waals surface area contributed by atoms with E-state index in [-0.39, 0.29) is 34.7 Å². The minimum Gasteiger partial charge on any atom is -0.330 e. The SMILES string of the molecule is CC(C)C(CN)C(=O)c1cc(F)ccc1Cl. The van der Waals surface area contributed by atoms with Crippen LogP contribution in [0.15, 0.2) is 18.2 Å². The lowest BCUT2D eigenvalue weighted by atomic mass is 9.88. The summed E-state index contributed by atoms with van der Waals surface area (Å²) in [6.45, 7) is 4.05. The number of carbonyl (C=O) groups is 1. The molecule has 0 aromatic heterocycles. The molecule has 0 saturated heterocycles. The molecule has 0 fully saturated rings. The highest BCUT2D eigenvalue weighted by Gasteiger charge is 2.24. The molecule has 4 heteroatoms. The molecule has 0 radical (unpaired) electrons. The Morgan fingerprint density at radius 1 is 1.50 bits per heavy atom. The monoisotopic (exact) mass is 243 g/mol. The number of hydrogen-bond acceptors (Lipinski definition) is 2. The molecule has 0 aliphatic rings. The van der Waals surface area contributed by atoms with Gasteiger partial charge in [0.25, 0.3) is 0 Å². The van der Waals surface area contributed by atoms with Crippen molar-refractivity contribution in [1.29, 1.82) is 0 Å². The molecule has 1 unspecified atom stereocenters. The van der Waals surface area contributed by atoms with Crippen molar-refractivity contribution in [3.63, 3.8) is 0 Å². The van der Waals surface area contributed by atoms with E-state index in [4.69, 9.17) is 17.3 Å². The van der Waals surface area contributed by atoms with Crippen molar-refractivity contribution in [2.45, 2.75) is 13.8 Å². The minimum atomic E-state index is -0.465. The van der Waals surface area contributed by atoms with E-state index >= 15 is 0 Å². The number of hydrogen-bond donors (Lipinski definition) is 1. The maximum Gasteiger partial charge on any atom is 0.169 e. The topological polar surface area (TPSA) is 43.1 Å². The van der Waals surface area contributed by atoms with Gasteiger partial charge < -0.3 is 5.73 Å². The molecule has 2 nitrogen and oxygen atoms in total. The van der Waals surface area contributed by atoms with Crippen LogP contribution in [-0.2, 0) is 0 Å². The molecule has 0 bridgehead atoms. The van der Waals surface area contributed by atoms with E-state index in [1.165, 1.54) is 12.1 Å². The van der Waals surface area contributed by atoms with E-state index in [0.717, 1.165) is 6.07 Å². The van der Waals surface area contributed by atoms with Crippen LogP contribution in [0.1, 0.15) is 24.2 Å². The van der Waals surface area contributed by atoms with Gasteiger partial charge in [0.1, 0.15) is 5.82 Å². The average molecular weight is 244 g/mol. The van der Waals surface area contributed by atoms with E-state index < -0.39 is 5.82 Å². The number of carbonyl (C=O) groups excluding carboxylic acids is 1. The maximum absolute atomic E-state index is 13.0. The predicted molar refractivity (Wildman–Crippen MR) is 63.1 cm³/mol. The molecule has 0 heterocycles. The Balaban J connectivity index is 3.08. The molecule has 1 aromatic rings. The Bertz CT molecular complexity index is 393. The zero-order valence-electron chi connectivity index (χ0n) is 9.34. The summed E-state index contributed by atoms with van der Waals surface area (Å²) in [6.07, 6.45) is 0. The van der Waals surface area contributed by atoms with Gasteiger partial charge in [-0.3, -0.25) is 4.79 Å². The third kappa shape index (κ3) is 2.80. The minimum absolute atomic E-state index is 0.108. The van der Waals surface area contributed by atoms with Crippen molar-refractivity contribution in [2.24, 2.45) is 17.6 Å². The number of benzene rings is 1. The summed E-state index contributed by atoms with van der Waals surface area (Å²) < 4.78 is 13.0. The van der Waals surface area contributed by atoms with Crippen molar-refractivity contribution in [3.8, 4) is 0 Å². The van der Waals surface area contributed by atoms with E-state index in [9.17, 15) is 9.18 Å². The van der Waals surface area contributed by atoms with Crippen LogP contribution < -0.4 is 5.73 Å². The van der Waals surface area contributed by atoms with E-state index in [2.05, 4.69) is 0 Å². The third-order valence-electron chi connectivity index (χ3n) is 2.59. The molecule has 1 aromatic carbocycles. The van der Waals surface area contributed by atoms with Crippen molar-refractivity contribution in [2.75, 3.05) is 6.54 Å². The summed E-state index contributed by atoms with van der Waals surface area (Å²) in [6, 6.07) is 3.78. The predicted octanol–water partition coefficient (Wildman–Crippen LogP) is 2.89. The van der Waals surface area contributed by atoms with E-state index in [1.54, 1.807) is 0 Å². The molecule has 0 aliphatic heterocycles. The first-order chi connectivity index (χ1) is 7.47. The molecular weight excluding hydrogens is 229 g/mol. The Hall–Kier alpha value is -0.930. The van der Waals surface area contributed by atoms with Crippen LogP contribution in [0.4, 0.5) is 4.39 Å².